The van der Waals surface area contributed by atoms with Gasteiger partial charge in [0.2, 0.25) is 0 Å². The monoisotopic (exact) mass is 286 g/mol. The van der Waals surface area contributed by atoms with Crippen molar-refractivity contribution in [3.8, 4) is 0 Å². The fourth-order valence-corrected chi connectivity index (χ4v) is 3.24. The first-order chi connectivity index (χ1) is 8.62. The van der Waals surface area contributed by atoms with Crippen LogP contribution in [0.15, 0.2) is 0 Å². The predicted molar refractivity (Wildman–Crippen MR) is 75.5 cm³/mol. The molecule has 0 aliphatic carbocycles. The zero-order chi connectivity index (χ0) is 14.4. The van der Waals surface area contributed by atoms with Gasteiger partial charge in [0.1, 0.15) is 12.2 Å². The topological polar surface area (TPSA) is 44.8 Å². The van der Waals surface area contributed by atoms with Gasteiger partial charge in [0.15, 0.2) is 20.4 Å². The minimum absolute atomic E-state index is 0.0432. The highest BCUT2D eigenvalue weighted by Crippen LogP contribution is 2.38. The van der Waals surface area contributed by atoms with E-state index < -0.39 is 14.4 Å². The second kappa shape index (κ2) is 4.95. The molecule has 2 saturated heterocycles. The van der Waals surface area contributed by atoms with E-state index in [2.05, 4.69) is 33.9 Å². The van der Waals surface area contributed by atoms with E-state index in [-0.39, 0.29) is 29.1 Å². The Morgan fingerprint density at radius 1 is 1.32 bits per heavy atom. The van der Waals surface area contributed by atoms with E-state index in [1.54, 1.807) is 0 Å². The first-order valence-electron chi connectivity index (χ1n) is 7.10. The highest BCUT2D eigenvalue weighted by atomic mass is 28.4. The lowest BCUT2D eigenvalue weighted by atomic mass is 9.94. The largest absolute Gasteiger partial charge is 0.414 e. The smallest absolute Gasteiger partial charge is 0.192 e. The molecule has 2 aliphatic heterocycles. The van der Waals surface area contributed by atoms with E-state index in [1.165, 1.54) is 0 Å². The molecule has 2 aliphatic rings. The summed E-state index contributed by atoms with van der Waals surface area (Å²) in [4.78, 5) is 12.1. The average Bonchev–Trinajstić information content (AvgIpc) is 2.61. The van der Waals surface area contributed by atoms with Crippen molar-refractivity contribution in [3.05, 3.63) is 0 Å². The minimum atomic E-state index is -1.80. The van der Waals surface area contributed by atoms with E-state index in [1.807, 2.05) is 6.92 Å². The van der Waals surface area contributed by atoms with Gasteiger partial charge in [0.25, 0.3) is 0 Å². The van der Waals surface area contributed by atoms with Crippen molar-refractivity contribution in [2.45, 2.75) is 70.7 Å². The Hall–Kier alpha value is -0.233. The molecular weight excluding hydrogens is 260 g/mol. The van der Waals surface area contributed by atoms with Gasteiger partial charge in [-0.25, -0.2) is 0 Å². The number of rotatable bonds is 3. The van der Waals surface area contributed by atoms with Gasteiger partial charge < -0.3 is 13.9 Å². The average molecular weight is 286 g/mol. The summed E-state index contributed by atoms with van der Waals surface area (Å²) in [5.41, 5.74) is 0. The second-order valence-corrected chi connectivity index (χ2v) is 12.1. The molecule has 0 aromatic carbocycles. The maximum absolute atomic E-state index is 12.1. The van der Waals surface area contributed by atoms with Gasteiger partial charge in [-0.3, -0.25) is 4.79 Å². The lowest BCUT2D eigenvalue weighted by Crippen LogP contribution is -2.45. The molecule has 2 bridgehead atoms. The van der Waals surface area contributed by atoms with Crippen LogP contribution in [0.1, 0.15) is 34.1 Å². The van der Waals surface area contributed by atoms with Gasteiger partial charge in [-0.05, 0) is 18.1 Å². The number of ketones is 1. The zero-order valence-corrected chi connectivity index (χ0v) is 13.9. The third kappa shape index (κ3) is 2.94. The summed E-state index contributed by atoms with van der Waals surface area (Å²) in [6.07, 6.45) is -0.188. The molecule has 0 aromatic heterocycles. The summed E-state index contributed by atoms with van der Waals surface area (Å²) in [5, 5.41) is 0.166. The van der Waals surface area contributed by atoms with E-state index >= 15 is 0 Å². The molecule has 19 heavy (non-hydrogen) atoms. The van der Waals surface area contributed by atoms with Crippen LogP contribution in [0, 0.1) is 5.92 Å². The Kier molecular flexibility index (Phi) is 3.95. The van der Waals surface area contributed by atoms with Gasteiger partial charge in [0.05, 0.1) is 6.61 Å². The Morgan fingerprint density at radius 2 is 1.95 bits per heavy atom. The summed E-state index contributed by atoms with van der Waals surface area (Å²) in [7, 11) is -1.80. The van der Waals surface area contributed by atoms with Crippen LogP contribution in [0.3, 0.4) is 0 Å². The van der Waals surface area contributed by atoms with E-state index in [9.17, 15) is 4.79 Å². The molecule has 0 radical (unpaired) electrons. The first kappa shape index (κ1) is 15.2. The fraction of sp³-hybridized carbons (Fsp3) is 0.929. The molecule has 0 saturated carbocycles. The first-order valence-corrected chi connectivity index (χ1v) is 10.0. The van der Waals surface area contributed by atoms with Gasteiger partial charge in [0, 0.05) is 12.3 Å². The fourth-order valence-electron chi connectivity index (χ4n) is 2.23. The molecule has 2 heterocycles. The number of fused-ring (bicyclic) bond motifs is 2. The molecule has 4 nitrogen and oxygen atoms in total. The molecule has 2 rings (SSSR count). The molecular formula is C14H26O4Si. The third-order valence-electron chi connectivity index (χ3n) is 4.69. The molecule has 4 atom stereocenters. The van der Waals surface area contributed by atoms with Crippen molar-refractivity contribution in [2.75, 3.05) is 6.61 Å². The van der Waals surface area contributed by atoms with Crippen LogP contribution in [-0.2, 0) is 18.7 Å². The standard InChI is InChI=1S/C14H26O4Si/c1-9-7-11-17-10(13(18-11)12(9)15)8-16-19(5,6)14(2,3)4/h9-11,13H,7-8H2,1-6H3/t9?,10-,11+,13+/m1/s1. The summed E-state index contributed by atoms with van der Waals surface area (Å²) in [6, 6.07) is 0. The lowest BCUT2D eigenvalue weighted by molar-refractivity contribution is -0.148. The van der Waals surface area contributed by atoms with Gasteiger partial charge in [-0.2, -0.15) is 0 Å². The highest BCUT2D eigenvalue weighted by molar-refractivity contribution is 6.74. The lowest BCUT2D eigenvalue weighted by Gasteiger charge is -2.37. The maximum atomic E-state index is 12.1. The molecule has 2 fully saturated rings. The molecule has 0 spiro atoms. The van der Waals surface area contributed by atoms with Crippen molar-refractivity contribution in [2.24, 2.45) is 5.92 Å². The van der Waals surface area contributed by atoms with Gasteiger partial charge in [-0.15, -0.1) is 0 Å². The van der Waals surface area contributed by atoms with Crippen LogP contribution in [0.25, 0.3) is 0 Å². The number of hydrogen-bond acceptors (Lipinski definition) is 4. The van der Waals surface area contributed by atoms with Crippen LogP contribution in [0.4, 0.5) is 0 Å². The van der Waals surface area contributed by atoms with E-state index in [4.69, 9.17) is 13.9 Å². The Balaban J connectivity index is 1.96. The normalized spacial score (nSPS) is 35.8. The number of carbonyl (C=O) groups excluding carboxylic acids is 1. The van der Waals surface area contributed by atoms with E-state index in [0.29, 0.717) is 13.0 Å². The van der Waals surface area contributed by atoms with Crippen LogP contribution in [0.2, 0.25) is 18.1 Å². The third-order valence-corrected chi connectivity index (χ3v) is 9.19. The Morgan fingerprint density at radius 3 is 2.53 bits per heavy atom. The van der Waals surface area contributed by atoms with Crippen LogP contribution >= 0.6 is 0 Å². The Labute approximate surface area is 116 Å². The molecule has 5 heteroatoms. The van der Waals surface area contributed by atoms with Gasteiger partial charge >= 0.3 is 0 Å². The zero-order valence-electron chi connectivity index (χ0n) is 12.9. The molecule has 0 aromatic rings. The summed E-state index contributed by atoms with van der Waals surface area (Å²) in [5.74, 6) is 0.208. The van der Waals surface area contributed by atoms with Gasteiger partial charge in [-0.1, -0.05) is 27.7 Å². The van der Waals surface area contributed by atoms with Crippen molar-refractivity contribution in [1.29, 1.82) is 0 Å². The number of hydrogen-bond donors (Lipinski definition) is 0. The number of carbonyl (C=O) groups is 1. The van der Waals surface area contributed by atoms with Crippen molar-refractivity contribution >= 4 is 14.1 Å². The number of Topliss-reactive ketones (excluding diaryl/α,β-unsaturated/α-hetero) is 1. The van der Waals surface area contributed by atoms with Crippen LogP contribution in [-0.4, -0.2) is 39.2 Å². The second-order valence-electron chi connectivity index (χ2n) is 7.27. The maximum Gasteiger partial charge on any atom is 0.192 e. The summed E-state index contributed by atoms with van der Waals surface area (Å²) >= 11 is 0. The van der Waals surface area contributed by atoms with Crippen molar-refractivity contribution < 1.29 is 18.7 Å². The minimum Gasteiger partial charge on any atom is -0.414 e. The molecule has 0 amide bonds. The summed E-state index contributed by atoms with van der Waals surface area (Å²) in [6.45, 7) is 13.4. The highest BCUT2D eigenvalue weighted by Gasteiger charge is 2.48. The molecule has 110 valence electrons. The van der Waals surface area contributed by atoms with Crippen LogP contribution in [0.5, 0.6) is 0 Å². The van der Waals surface area contributed by atoms with Crippen molar-refractivity contribution in [1.82, 2.24) is 0 Å². The van der Waals surface area contributed by atoms with Crippen LogP contribution < -0.4 is 0 Å². The molecule has 0 N–H and O–H groups in total. The molecule has 1 unspecified atom stereocenters. The Bertz CT molecular complexity index is 361. The SMILES string of the molecule is CC1C[C@@H]2O[C@H](C1=O)[C@@H](CO[Si](C)(C)C(C)(C)C)O2. The number of ether oxygens (including phenoxy) is 2. The van der Waals surface area contributed by atoms with E-state index in [0.717, 1.165) is 0 Å². The quantitative estimate of drug-likeness (QED) is 0.748. The summed E-state index contributed by atoms with van der Waals surface area (Å²) < 4.78 is 17.5. The predicted octanol–water partition coefficient (Wildman–Crippen LogP) is 2.73. The van der Waals surface area contributed by atoms with Crippen molar-refractivity contribution in [3.63, 3.8) is 0 Å².